The van der Waals surface area contributed by atoms with Crippen molar-refractivity contribution in [2.24, 2.45) is 5.92 Å². The van der Waals surface area contributed by atoms with Crippen LogP contribution in [0.5, 0.6) is 5.75 Å². The van der Waals surface area contributed by atoms with E-state index >= 15 is 0 Å². The number of hydrogen-bond acceptors (Lipinski definition) is 3. The highest BCUT2D eigenvalue weighted by Gasteiger charge is 2.41. The normalized spacial score (nSPS) is 23.8. The van der Waals surface area contributed by atoms with Crippen molar-refractivity contribution in [2.75, 3.05) is 7.11 Å². The average Bonchev–Trinajstić information content (AvgIpc) is 3.26. The molecule has 3 heterocycles. The van der Waals surface area contributed by atoms with Crippen molar-refractivity contribution in [1.82, 2.24) is 14.5 Å². The zero-order valence-corrected chi connectivity index (χ0v) is 19.9. The van der Waals surface area contributed by atoms with Crippen LogP contribution >= 0.6 is 0 Å². The fourth-order valence-electron chi connectivity index (χ4n) is 5.45. The van der Waals surface area contributed by atoms with Crippen LogP contribution in [0.25, 0.3) is 11.8 Å². The summed E-state index contributed by atoms with van der Waals surface area (Å²) in [5, 5.41) is 0. The van der Waals surface area contributed by atoms with Gasteiger partial charge in [0.25, 0.3) is 5.91 Å². The molecule has 34 heavy (non-hydrogen) atoms. The van der Waals surface area contributed by atoms with E-state index in [2.05, 4.69) is 16.8 Å². The van der Waals surface area contributed by atoms with Crippen LogP contribution in [0.2, 0.25) is 0 Å². The summed E-state index contributed by atoms with van der Waals surface area (Å²) in [4.78, 5) is 20.1. The molecule has 0 spiro atoms. The van der Waals surface area contributed by atoms with Crippen molar-refractivity contribution in [3.63, 3.8) is 0 Å². The minimum absolute atomic E-state index is 0.0213. The van der Waals surface area contributed by atoms with Gasteiger partial charge in [-0.05, 0) is 80.0 Å². The second kappa shape index (κ2) is 9.09. The molecular weight excluding hydrogens is 429 g/mol. The van der Waals surface area contributed by atoms with Crippen molar-refractivity contribution in [2.45, 2.75) is 51.6 Å². The third kappa shape index (κ3) is 4.25. The van der Waals surface area contributed by atoms with Crippen LogP contribution < -0.4 is 4.74 Å². The fraction of sp³-hybridized carbons (Fsp3) is 0.357. The van der Waals surface area contributed by atoms with E-state index in [0.29, 0.717) is 5.92 Å². The number of benzene rings is 2. The Balaban J connectivity index is 1.45. The Hall–Kier alpha value is -3.41. The van der Waals surface area contributed by atoms with Gasteiger partial charge in [-0.2, -0.15) is 0 Å². The van der Waals surface area contributed by atoms with E-state index in [4.69, 9.17) is 4.74 Å². The van der Waals surface area contributed by atoms with Gasteiger partial charge in [0.2, 0.25) is 0 Å². The molecule has 176 valence electrons. The first-order valence-corrected chi connectivity index (χ1v) is 11.9. The van der Waals surface area contributed by atoms with Gasteiger partial charge in [-0.1, -0.05) is 25.1 Å². The van der Waals surface area contributed by atoms with Crippen molar-refractivity contribution in [1.29, 1.82) is 0 Å². The van der Waals surface area contributed by atoms with E-state index in [0.717, 1.165) is 59.5 Å². The van der Waals surface area contributed by atoms with E-state index in [-0.39, 0.29) is 23.8 Å². The SMILES string of the molecule is COc1cc(C=C2CC[C@@H]3C[C@H](C)C[C@@H](c4ccc(F)cc4)N3C2=O)ccc1-n1cnc(C)c1. The summed E-state index contributed by atoms with van der Waals surface area (Å²) < 4.78 is 21.1. The number of piperidine rings is 2. The summed E-state index contributed by atoms with van der Waals surface area (Å²) in [6, 6.07) is 12.8. The predicted octanol–water partition coefficient (Wildman–Crippen LogP) is 5.87. The zero-order valence-electron chi connectivity index (χ0n) is 19.9. The summed E-state index contributed by atoms with van der Waals surface area (Å²) >= 11 is 0. The number of carbonyl (C=O) groups is 1. The fourth-order valence-corrected chi connectivity index (χ4v) is 5.45. The van der Waals surface area contributed by atoms with Crippen molar-refractivity contribution < 1.29 is 13.9 Å². The van der Waals surface area contributed by atoms with Gasteiger partial charge in [0.05, 0.1) is 30.9 Å². The molecule has 2 aromatic carbocycles. The quantitative estimate of drug-likeness (QED) is 0.458. The molecule has 0 unspecified atom stereocenters. The summed E-state index contributed by atoms with van der Waals surface area (Å²) in [6.45, 7) is 4.20. The summed E-state index contributed by atoms with van der Waals surface area (Å²) in [5.41, 5.74) is 4.59. The second-order valence-electron chi connectivity index (χ2n) is 9.57. The lowest BCUT2D eigenvalue weighted by molar-refractivity contribution is -0.137. The van der Waals surface area contributed by atoms with Crippen LogP contribution in [0.1, 0.15) is 55.5 Å². The summed E-state index contributed by atoms with van der Waals surface area (Å²) in [7, 11) is 1.65. The van der Waals surface area contributed by atoms with Gasteiger partial charge in [-0.15, -0.1) is 0 Å². The predicted molar refractivity (Wildman–Crippen MR) is 130 cm³/mol. The third-order valence-electron chi connectivity index (χ3n) is 7.07. The highest BCUT2D eigenvalue weighted by Crippen LogP contribution is 2.43. The maximum absolute atomic E-state index is 13.7. The number of methoxy groups -OCH3 is 1. The lowest BCUT2D eigenvalue weighted by Crippen LogP contribution is -2.50. The standard InChI is InChI=1S/C28H30FN3O2/c1-18-12-24-10-7-22(28(33)32(24)26(13-18)21-5-8-23(29)9-6-21)14-20-4-11-25(27(15-20)34-3)31-16-19(2)30-17-31/h4-6,8-9,11,14-18,24,26H,7,10,12-13H2,1-3H3/t18-,24+,26-/m0/s1. The first-order chi connectivity index (χ1) is 16.4. The monoisotopic (exact) mass is 459 g/mol. The lowest BCUT2D eigenvalue weighted by Gasteiger charge is -2.48. The summed E-state index contributed by atoms with van der Waals surface area (Å²) in [5.74, 6) is 1.09. The number of ether oxygens (including phenoxy) is 1. The molecule has 0 N–H and O–H groups in total. The Labute approximate surface area is 199 Å². The lowest BCUT2D eigenvalue weighted by atomic mass is 9.79. The largest absolute Gasteiger partial charge is 0.495 e. The Morgan fingerprint density at radius 3 is 2.65 bits per heavy atom. The van der Waals surface area contributed by atoms with Gasteiger partial charge >= 0.3 is 0 Å². The first kappa shape index (κ1) is 22.4. The van der Waals surface area contributed by atoms with Gasteiger partial charge < -0.3 is 14.2 Å². The topological polar surface area (TPSA) is 47.4 Å². The Bertz CT molecular complexity index is 1230. The number of halogens is 1. The highest BCUT2D eigenvalue weighted by molar-refractivity contribution is 5.99. The molecule has 5 rings (SSSR count). The minimum atomic E-state index is -0.252. The Morgan fingerprint density at radius 1 is 1.15 bits per heavy atom. The van der Waals surface area contributed by atoms with Gasteiger partial charge in [-0.3, -0.25) is 4.79 Å². The van der Waals surface area contributed by atoms with Crippen LogP contribution in [0.4, 0.5) is 4.39 Å². The maximum Gasteiger partial charge on any atom is 0.250 e. The highest BCUT2D eigenvalue weighted by atomic mass is 19.1. The van der Waals surface area contributed by atoms with Crippen molar-refractivity contribution in [3.8, 4) is 11.4 Å². The number of aromatic nitrogens is 2. The van der Waals surface area contributed by atoms with Crippen molar-refractivity contribution in [3.05, 3.63) is 83.2 Å². The zero-order chi connectivity index (χ0) is 23.8. The van der Waals surface area contributed by atoms with Crippen LogP contribution in [0, 0.1) is 18.7 Å². The van der Waals surface area contributed by atoms with E-state index in [1.807, 2.05) is 54.1 Å². The second-order valence-corrected chi connectivity index (χ2v) is 9.57. The summed E-state index contributed by atoms with van der Waals surface area (Å²) in [6.07, 6.45) is 9.33. The third-order valence-corrected chi connectivity index (χ3v) is 7.07. The molecule has 2 saturated heterocycles. The molecule has 6 heteroatoms. The molecule has 5 nitrogen and oxygen atoms in total. The molecule has 1 amide bonds. The van der Waals surface area contributed by atoms with Crippen molar-refractivity contribution >= 4 is 12.0 Å². The molecule has 0 radical (unpaired) electrons. The van der Waals surface area contributed by atoms with Crippen LogP contribution in [-0.4, -0.2) is 33.5 Å². The van der Waals surface area contributed by atoms with Crippen LogP contribution in [0.3, 0.4) is 0 Å². The molecule has 3 atom stereocenters. The van der Waals surface area contributed by atoms with E-state index in [1.54, 1.807) is 13.4 Å². The molecule has 0 saturated carbocycles. The first-order valence-electron chi connectivity index (χ1n) is 11.9. The van der Waals surface area contributed by atoms with E-state index in [9.17, 15) is 9.18 Å². The van der Waals surface area contributed by atoms with Gasteiger partial charge in [0.1, 0.15) is 11.6 Å². The van der Waals surface area contributed by atoms with Crippen LogP contribution in [0.15, 0.2) is 60.6 Å². The number of carbonyl (C=O) groups excluding carboxylic acids is 1. The molecule has 2 aliphatic heterocycles. The van der Waals surface area contributed by atoms with Gasteiger partial charge in [0, 0.05) is 17.8 Å². The molecule has 3 aromatic rings. The van der Waals surface area contributed by atoms with Gasteiger partial charge in [0.15, 0.2) is 0 Å². The average molecular weight is 460 g/mol. The number of hydrogen-bond donors (Lipinski definition) is 0. The molecule has 2 aliphatic rings. The Kier molecular flexibility index (Phi) is 5.98. The molecular formula is C28H30FN3O2. The van der Waals surface area contributed by atoms with E-state index in [1.165, 1.54) is 12.1 Å². The minimum Gasteiger partial charge on any atom is -0.495 e. The molecule has 2 fully saturated rings. The molecule has 0 aliphatic carbocycles. The number of imidazole rings is 1. The van der Waals surface area contributed by atoms with Gasteiger partial charge in [-0.25, -0.2) is 9.37 Å². The Morgan fingerprint density at radius 2 is 1.94 bits per heavy atom. The number of fused-ring (bicyclic) bond motifs is 1. The maximum atomic E-state index is 13.7. The number of amides is 1. The molecule has 0 bridgehead atoms. The van der Waals surface area contributed by atoms with E-state index < -0.39 is 0 Å². The molecule has 1 aromatic heterocycles. The number of rotatable bonds is 4. The smallest absolute Gasteiger partial charge is 0.250 e. The van der Waals surface area contributed by atoms with Crippen LogP contribution in [-0.2, 0) is 4.79 Å². The number of nitrogens with zero attached hydrogens (tertiary/aromatic N) is 3. The number of aryl methyl sites for hydroxylation is 1.